The lowest BCUT2D eigenvalue weighted by Crippen LogP contribution is -2.12. The van der Waals surface area contributed by atoms with Gasteiger partial charge in [0.2, 0.25) is 10.0 Å². The molecule has 20 heavy (non-hydrogen) atoms. The maximum Gasteiger partial charge on any atom is 0.238 e. The maximum absolute atomic E-state index is 11.2. The number of primary sulfonamides is 1. The Morgan fingerprint density at radius 3 is 2.45 bits per heavy atom. The molecule has 0 aliphatic heterocycles. The minimum absolute atomic E-state index is 0.0284. The zero-order valence-electron chi connectivity index (χ0n) is 10.9. The number of ether oxygens (including phenoxy) is 2. The Morgan fingerprint density at radius 2 is 1.75 bits per heavy atom. The van der Waals surface area contributed by atoms with E-state index in [1.165, 1.54) is 12.1 Å². The SMILES string of the molecule is COc1cccc(COc2cccc(S(N)(=O)=O)c2)c1. The molecule has 2 aromatic rings. The van der Waals surface area contributed by atoms with E-state index in [4.69, 9.17) is 14.6 Å². The predicted octanol–water partition coefficient (Wildman–Crippen LogP) is 1.92. The third-order valence-corrected chi connectivity index (χ3v) is 3.58. The second-order valence-corrected chi connectivity index (χ2v) is 5.72. The van der Waals surface area contributed by atoms with Crippen molar-refractivity contribution in [3.63, 3.8) is 0 Å². The molecule has 0 aromatic heterocycles. The van der Waals surface area contributed by atoms with E-state index in [9.17, 15) is 8.42 Å². The fourth-order valence-corrected chi connectivity index (χ4v) is 2.22. The summed E-state index contributed by atoms with van der Waals surface area (Å²) in [6.45, 7) is 0.311. The Morgan fingerprint density at radius 1 is 1.05 bits per heavy atom. The second kappa shape index (κ2) is 5.94. The molecule has 0 saturated carbocycles. The quantitative estimate of drug-likeness (QED) is 0.913. The van der Waals surface area contributed by atoms with Gasteiger partial charge in [-0.05, 0) is 29.8 Å². The van der Waals surface area contributed by atoms with Crippen LogP contribution in [0.15, 0.2) is 53.4 Å². The van der Waals surface area contributed by atoms with Crippen LogP contribution in [0.2, 0.25) is 0 Å². The van der Waals surface area contributed by atoms with Crippen molar-refractivity contribution >= 4 is 10.0 Å². The van der Waals surface area contributed by atoms with E-state index in [2.05, 4.69) is 0 Å². The summed E-state index contributed by atoms with van der Waals surface area (Å²) < 4.78 is 33.2. The number of benzene rings is 2. The highest BCUT2D eigenvalue weighted by Crippen LogP contribution is 2.19. The monoisotopic (exact) mass is 293 g/mol. The number of methoxy groups -OCH3 is 1. The smallest absolute Gasteiger partial charge is 0.238 e. The summed E-state index contributed by atoms with van der Waals surface area (Å²) in [5, 5.41) is 5.07. The first-order valence-corrected chi connectivity index (χ1v) is 7.42. The molecule has 5 nitrogen and oxygen atoms in total. The normalized spacial score (nSPS) is 11.1. The van der Waals surface area contributed by atoms with Gasteiger partial charge in [0.15, 0.2) is 0 Å². The first-order valence-electron chi connectivity index (χ1n) is 5.87. The first kappa shape index (κ1) is 14.4. The molecule has 0 bridgehead atoms. The Bertz CT molecular complexity index is 698. The topological polar surface area (TPSA) is 78.6 Å². The van der Waals surface area contributed by atoms with Crippen molar-refractivity contribution in [3.05, 3.63) is 54.1 Å². The molecule has 0 radical (unpaired) electrons. The Labute approximate surface area is 118 Å². The van der Waals surface area contributed by atoms with Crippen LogP contribution in [0.1, 0.15) is 5.56 Å². The van der Waals surface area contributed by atoms with Crippen LogP contribution in [0.3, 0.4) is 0 Å². The van der Waals surface area contributed by atoms with Gasteiger partial charge in [-0.15, -0.1) is 0 Å². The molecule has 0 atom stereocenters. The van der Waals surface area contributed by atoms with Gasteiger partial charge in [0.25, 0.3) is 0 Å². The van der Waals surface area contributed by atoms with E-state index < -0.39 is 10.0 Å². The van der Waals surface area contributed by atoms with Gasteiger partial charge in [-0.1, -0.05) is 18.2 Å². The molecule has 2 N–H and O–H groups in total. The average Bonchev–Trinajstić information content (AvgIpc) is 2.45. The zero-order valence-corrected chi connectivity index (χ0v) is 11.8. The first-order chi connectivity index (χ1) is 9.49. The predicted molar refractivity (Wildman–Crippen MR) is 75.1 cm³/mol. The highest BCUT2D eigenvalue weighted by atomic mass is 32.2. The lowest BCUT2D eigenvalue weighted by Gasteiger charge is -2.08. The standard InChI is InChI=1S/C14H15NO4S/c1-18-12-5-2-4-11(8-12)10-19-13-6-3-7-14(9-13)20(15,16)17/h2-9H,10H2,1H3,(H2,15,16,17). The Hall–Kier alpha value is -2.05. The van der Waals surface area contributed by atoms with Crippen molar-refractivity contribution in [1.82, 2.24) is 0 Å². The maximum atomic E-state index is 11.2. The van der Waals surface area contributed by atoms with Gasteiger partial charge in [-0.3, -0.25) is 0 Å². The molecule has 0 saturated heterocycles. The van der Waals surface area contributed by atoms with Gasteiger partial charge in [0.05, 0.1) is 12.0 Å². The molecule has 6 heteroatoms. The number of hydrogen-bond acceptors (Lipinski definition) is 4. The molecule has 0 unspecified atom stereocenters. The lowest BCUT2D eigenvalue weighted by molar-refractivity contribution is 0.304. The van der Waals surface area contributed by atoms with Crippen LogP contribution >= 0.6 is 0 Å². The Kier molecular flexibility index (Phi) is 4.26. The van der Waals surface area contributed by atoms with Crippen molar-refractivity contribution < 1.29 is 17.9 Å². The third-order valence-electron chi connectivity index (χ3n) is 2.67. The number of hydrogen-bond donors (Lipinski definition) is 1. The molecular formula is C14H15NO4S. The van der Waals surface area contributed by atoms with Crippen LogP contribution in [-0.4, -0.2) is 15.5 Å². The third kappa shape index (κ3) is 3.72. The Balaban J connectivity index is 2.11. The van der Waals surface area contributed by atoms with Crippen LogP contribution in [-0.2, 0) is 16.6 Å². The summed E-state index contributed by atoms with van der Waals surface area (Å²) in [5.74, 6) is 1.18. The lowest BCUT2D eigenvalue weighted by atomic mass is 10.2. The molecule has 0 heterocycles. The van der Waals surface area contributed by atoms with Crippen molar-refractivity contribution in [2.75, 3.05) is 7.11 Å². The highest BCUT2D eigenvalue weighted by Gasteiger charge is 2.08. The fraction of sp³-hybridized carbons (Fsp3) is 0.143. The summed E-state index contributed by atoms with van der Waals surface area (Å²) in [6.07, 6.45) is 0. The minimum atomic E-state index is -3.72. The van der Waals surface area contributed by atoms with E-state index in [-0.39, 0.29) is 4.90 Å². The molecular weight excluding hydrogens is 278 g/mol. The number of nitrogens with two attached hydrogens (primary N) is 1. The van der Waals surface area contributed by atoms with Crippen molar-refractivity contribution in [3.8, 4) is 11.5 Å². The molecule has 2 aromatic carbocycles. The van der Waals surface area contributed by atoms with Crippen molar-refractivity contribution in [2.24, 2.45) is 5.14 Å². The van der Waals surface area contributed by atoms with E-state index in [1.807, 2.05) is 24.3 Å². The van der Waals surface area contributed by atoms with E-state index in [0.717, 1.165) is 11.3 Å². The van der Waals surface area contributed by atoms with Crippen molar-refractivity contribution in [2.45, 2.75) is 11.5 Å². The largest absolute Gasteiger partial charge is 0.497 e. The average molecular weight is 293 g/mol. The zero-order chi connectivity index (χ0) is 14.6. The number of rotatable bonds is 5. The summed E-state index contributed by atoms with van der Waals surface area (Å²) in [5.41, 5.74) is 0.922. The van der Waals surface area contributed by atoms with Crippen LogP contribution in [0.5, 0.6) is 11.5 Å². The minimum Gasteiger partial charge on any atom is -0.497 e. The van der Waals surface area contributed by atoms with Crippen LogP contribution < -0.4 is 14.6 Å². The van der Waals surface area contributed by atoms with Gasteiger partial charge in [0.1, 0.15) is 18.1 Å². The molecule has 0 spiro atoms. The summed E-state index contributed by atoms with van der Waals surface area (Å²) in [4.78, 5) is 0.0284. The van der Waals surface area contributed by atoms with E-state index >= 15 is 0 Å². The van der Waals surface area contributed by atoms with Gasteiger partial charge >= 0.3 is 0 Å². The van der Waals surface area contributed by atoms with Gasteiger partial charge < -0.3 is 9.47 Å². The molecule has 0 aliphatic carbocycles. The molecule has 0 amide bonds. The molecule has 0 aliphatic rings. The molecule has 106 valence electrons. The summed E-state index contributed by atoms with van der Waals surface area (Å²) in [6, 6.07) is 13.5. The molecule has 2 rings (SSSR count). The van der Waals surface area contributed by atoms with E-state index in [1.54, 1.807) is 19.2 Å². The fourth-order valence-electron chi connectivity index (χ4n) is 1.67. The van der Waals surface area contributed by atoms with Crippen molar-refractivity contribution in [1.29, 1.82) is 0 Å². The van der Waals surface area contributed by atoms with Crippen LogP contribution in [0, 0.1) is 0 Å². The van der Waals surface area contributed by atoms with Crippen LogP contribution in [0.4, 0.5) is 0 Å². The van der Waals surface area contributed by atoms with Crippen LogP contribution in [0.25, 0.3) is 0 Å². The van der Waals surface area contributed by atoms with E-state index in [0.29, 0.717) is 12.4 Å². The molecule has 0 fully saturated rings. The van der Waals surface area contributed by atoms with Gasteiger partial charge in [-0.25, -0.2) is 13.6 Å². The summed E-state index contributed by atoms with van der Waals surface area (Å²) in [7, 11) is -2.13. The van der Waals surface area contributed by atoms with Gasteiger partial charge in [-0.2, -0.15) is 0 Å². The summed E-state index contributed by atoms with van der Waals surface area (Å²) >= 11 is 0. The van der Waals surface area contributed by atoms with Gasteiger partial charge in [0, 0.05) is 6.07 Å². The second-order valence-electron chi connectivity index (χ2n) is 4.16. The highest BCUT2D eigenvalue weighted by molar-refractivity contribution is 7.89. The number of sulfonamides is 1.